The zero-order valence-electron chi connectivity index (χ0n) is 14.0. The summed E-state index contributed by atoms with van der Waals surface area (Å²) in [5, 5.41) is 15.7. The summed E-state index contributed by atoms with van der Waals surface area (Å²) in [6.07, 6.45) is -5.85. The van der Waals surface area contributed by atoms with E-state index in [4.69, 9.17) is 26.8 Å². The van der Waals surface area contributed by atoms with Gasteiger partial charge in [-0.1, -0.05) is 11.6 Å². The van der Waals surface area contributed by atoms with Gasteiger partial charge in [0.15, 0.2) is 0 Å². The van der Waals surface area contributed by atoms with Crippen LogP contribution in [-0.4, -0.2) is 29.5 Å². The molecule has 0 aromatic heterocycles. The highest BCUT2D eigenvalue weighted by molar-refractivity contribution is 6.33. The van der Waals surface area contributed by atoms with Crippen molar-refractivity contribution in [3.63, 3.8) is 0 Å². The molecule has 1 aliphatic heterocycles. The lowest BCUT2D eigenvalue weighted by molar-refractivity contribution is -0.137. The number of anilines is 1. The Morgan fingerprint density at radius 3 is 2.56 bits per heavy atom. The van der Waals surface area contributed by atoms with E-state index in [-0.39, 0.29) is 12.4 Å². The maximum absolute atomic E-state index is 12.7. The van der Waals surface area contributed by atoms with E-state index in [2.05, 4.69) is 5.10 Å². The summed E-state index contributed by atoms with van der Waals surface area (Å²) < 4.78 is 48.4. The van der Waals surface area contributed by atoms with Crippen LogP contribution < -0.4 is 10.5 Å². The van der Waals surface area contributed by atoms with Crippen LogP contribution in [0.25, 0.3) is 0 Å². The Hall–Kier alpha value is -2.65. The molecule has 2 aromatic rings. The number of methoxy groups -OCH3 is 1. The Balaban J connectivity index is 1.83. The van der Waals surface area contributed by atoms with E-state index in [1.807, 2.05) is 0 Å². The van der Waals surface area contributed by atoms with E-state index in [1.54, 1.807) is 12.1 Å². The second-order valence-corrected chi connectivity index (χ2v) is 6.11. The Morgan fingerprint density at radius 2 is 1.96 bits per heavy atom. The van der Waals surface area contributed by atoms with Crippen LogP contribution in [0.15, 0.2) is 41.5 Å². The van der Waals surface area contributed by atoms with E-state index in [1.165, 1.54) is 24.3 Å². The van der Waals surface area contributed by atoms with Gasteiger partial charge in [-0.2, -0.15) is 13.2 Å². The maximum atomic E-state index is 12.7. The topological polar surface area (TPSA) is 80.3 Å². The number of nitrogen functional groups attached to an aromatic ring is 1. The van der Waals surface area contributed by atoms with E-state index in [9.17, 15) is 18.3 Å². The smallest absolute Gasteiger partial charge is 0.416 e. The number of nitrogens with two attached hydrogens (primary N) is 1. The van der Waals surface area contributed by atoms with Crippen LogP contribution in [0.1, 0.15) is 16.7 Å². The average molecular weight is 402 g/mol. The lowest BCUT2D eigenvalue weighted by Crippen LogP contribution is -2.27. The number of alkyl halides is 3. The number of benzene rings is 2. The number of aliphatic hydroxyl groups is 1. The van der Waals surface area contributed by atoms with Crippen LogP contribution in [0.2, 0.25) is 5.02 Å². The highest BCUT2D eigenvalue weighted by Crippen LogP contribution is 2.32. The monoisotopic (exact) mass is 401 g/mol. The molecule has 0 fully saturated rings. The highest BCUT2D eigenvalue weighted by atomic mass is 35.5. The second-order valence-electron chi connectivity index (χ2n) is 5.71. The van der Waals surface area contributed by atoms with Gasteiger partial charge in [0.2, 0.25) is 5.90 Å². The van der Waals surface area contributed by atoms with Gasteiger partial charge in [-0.25, -0.2) is 5.01 Å². The number of halogens is 4. The number of nitrogens with zero attached hydrogens (tertiary/aromatic N) is 2. The van der Waals surface area contributed by atoms with E-state index < -0.39 is 18.2 Å². The zero-order valence-corrected chi connectivity index (χ0v) is 14.8. The molecule has 1 heterocycles. The molecule has 0 spiro atoms. The molecule has 1 aliphatic rings. The van der Waals surface area contributed by atoms with Crippen molar-refractivity contribution in [2.75, 3.05) is 12.8 Å². The third-order valence-electron chi connectivity index (χ3n) is 3.88. The molecule has 0 saturated heterocycles. The van der Waals surface area contributed by atoms with Crippen molar-refractivity contribution in [1.82, 2.24) is 5.01 Å². The summed E-state index contributed by atoms with van der Waals surface area (Å²) in [6.45, 7) is 0.0779. The molecule has 1 atom stereocenters. The van der Waals surface area contributed by atoms with Gasteiger partial charge in [0.1, 0.15) is 5.75 Å². The van der Waals surface area contributed by atoms with Crippen molar-refractivity contribution < 1.29 is 27.8 Å². The maximum Gasteiger partial charge on any atom is 0.416 e. The summed E-state index contributed by atoms with van der Waals surface area (Å²) in [4.78, 5) is 0. The number of hydrazone groups is 1. The van der Waals surface area contributed by atoms with Crippen molar-refractivity contribution >= 4 is 23.2 Å². The molecule has 0 radical (unpaired) electrons. The molecule has 6 nitrogen and oxygen atoms in total. The van der Waals surface area contributed by atoms with E-state index in [0.717, 1.165) is 12.1 Å². The fourth-order valence-electron chi connectivity index (χ4n) is 2.49. The molecule has 0 bridgehead atoms. The van der Waals surface area contributed by atoms with Crippen LogP contribution >= 0.6 is 11.6 Å². The Kier molecular flexibility index (Phi) is 5.07. The third kappa shape index (κ3) is 4.04. The molecule has 27 heavy (non-hydrogen) atoms. The molecule has 2 aromatic carbocycles. The zero-order chi connectivity index (χ0) is 19.8. The Labute approximate surface area is 157 Å². The lowest BCUT2D eigenvalue weighted by atomic mass is 10.1. The quantitative estimate of drug-likeness (QED) is 0.767. The minimum atomic E-state index is -4.44. The first-order valence-corrected chi connectivity index (χ1v) is 8.06. The predicted octanol–water partition coefficient (Wildman–Crippen LogP) is 3.42. The van der Waals surface area contributed by atoms with Crippen molar-refractivity contribution in [2.45, 2.75) is 19.1 Å². The molecule has 144 valence electrons. The van der Waals surface area contributed by atoms with E-state index in [0.29, 0.717) is 27.6 Å². The SMILES string of the molecule is COc1cc(N)c(Cl)cc1CN1N=C(c2ccc(C(F)(F)F)cc2)OC1O. The molecule has 0 aliphatic carbocycles. The first kappa shape index (κ1) is 19.1. The van der Waals surface area contributed by atoms with E-state index >= 15 is 0 Å². The molecule has 0 amide bonds. The van der Waals surface area contributed by atoms with Gasteiger partial charge in [-0.05, 0) is 30.3 Å². The van der Waals surface area contributed by atoms with Crippen LogP contribution in [0, 0.1) is 0 Å². The van der Waals surface area contributed by atoms with Crippen LogP contribution in [-0.2, 0) is 17.5 Å². The minimum absolute atomic E-state index is 0.00302. The second kappa shape index (κ2) is 7.16. The summed E-state index contributed by atoms with van der Waals surface area (Å²) in [5.41, 5.74) is 6.18. The summed E-state index contributed by atoms with van der Waals surface area (Å²) in [5.74, 6) is 0.444. The third-order valence-corrected chi connectivity index (χ3v) is 4.21. The van der Waals surface area contributed by atoms with Gasteiger partial charge in [-0.3, -0.25) is 0 Å². The van der Waals surface area contributed by atoms with Crippen molar-refractivity contribution in [1.29, 1.82) is 0 Å². The van der Waals surface area contributed by atoms with Crippen LogP contribution in [0.4, 0.5) is 18.9 Å². The molecular formula is C17H15ClF3N3O3. The molecule has 3 N–H and O–H groups in total. The number of hydrogen-bond acceptors (Lipinski definition) is 6. The lowest BCUT2D eigenvalue weighted by Gasteiger charge is -2.19. The minimum Gasteiger partial charge on any atom is -0.496 e. The van der Waals surface area contributed by atoms with Crippen molar-refractivity contribution in [2.24, 2.45) is 5.10 Å². The molecule has 0 saturated carbocycles. The highest BCUT2D eigenvalue weighted by Gasteiger charge is 2.31. The van der Waals surface area contributed by atoms with Crippen molar-refractivity contribution in [3.05, 3.63) is 58.1 Å². The van der Waals surface area contributed by atoms with Gasteiger partial charge in [-0.15, -0.1) is 5.10 Å². The van der Waals surface area contributed by atoms with Gasteiger partial charge in [0.05, 0.1) is 29.9 Å². The van der Waals surface area contributed by atoms with Gasteiger partial charge >= 0.3 is 6.18 Å². The Bertz CT molecular complexity index is 872. The fourth-order valence-corrected chi connectivity index (χ4v) is 2.68. The largest absolute Gasteiger partial charge is 0.496 e. The Morgan fingerprint density at radius 1 is 1.30 bits per heavy atom. The summed E-state index contributed by atoms with van der Waals surface area (Å²) in [7, 11) is 1.46. The number of aliphatic hydroxyl groups excluding tert-OH is 1. The number of ether oxygens (including phenoxy) is 2. The normalized spacial score (nSPS) is 16.9. The molecule has 10 heteroatoms. The summed E-state index contributed by atoms with van der Waals surface area (Å²) >= 11 is 6.02. The number of hydrogen-bond donors (Lipinski definition) is 2. The number of rotatable bonds is 4. The van der Waals surface area contributed by atoms with Gasteiger partial charge in [0, 0.05) is 17.2 Å². The molecular weight excluding hydrogens is 387 g/mol. The van der Waals surface area contributed by atoms with Crippen LogP contribution in [0.3, 0.4) is 0 Å². The van der Waals surface area contributed by atoms with Crippen LogP contribution in [0.5, 0.6) is 5.75 Å². The fraction of sp³-hybridized carbons (Fsp3) is 0.235. The standard InChI is InChI=1S/C17H15ClF3N3O3/c1-26-14-7-13(22)12(18)6-10(14)8-24-16(25)27-15(23-24)9-2-4-11(5-3-9)17(19,20)21/h2-7,16,25H,8,22H2,1H3. The molecule has 3 rings (SSSR count). The van der Waals surface area contributed by atoms with Gasteiger partial charge < -0.3 is 20.3 Å². The first-order valence-electron chi connectivity index (χ1n) is 7.68. The van der Waals surface area contributed by atoms with Crippen molar-refractivity contribution in [3.8, 4) is 5.75 Å². The summed E-state index contributed by atoms with van der Waals surface area (Å²) in [6, 6.07) is 7.39. The molecule has 1 unspecified atom stereocenters. The predicted molar refractivity (Wildman–Crippen MR) is 93.0 cm³/mol. The van der Waals surface area contributed by atoms with Gasteiger partial charge in [0.25, 0.3) is 6.41 Å². The first-order chi connectivity index (χ1) is 12.7. The average Bonchev–Trinajstić information content (AvgIpc) is 2.98.